The molecule has 2 amide bonds. The quantitative estimate of drug-likeness (QED) is 0.252. The molecule has 1 aromatic heterocycles. The number of imidazole rings is 1. The van der Waals surface area contributed by atoms with E-state index in [2.05, 4.69) is 20.3 Å². The van der Waals surface area contributed by atoms with E-state index in [0.717, 1.165) is 16.6 Å². The first-order chi connectivity index (χ1) is 17.2. The van der Waals surface area contributed by atoms with E-state index in [1.54, 1.807) is 0 Å². The van der Waals surface area contributed by atoms with Crippen molar-refractivity contribution in [3.05, 3.63) is 66.0 Å². The molecule has 0 fully saturated rings. The van der Waals surface area contributed by atoms with Crippen molar-refractivity contribution in [2.24, 2.45) is 12.2 Å². The van der Waals surface area contributed by atoms with Crippen molar-refractivity contribution in [1.82, 2.24) is 24.9 Å². The normalized spacial score (nSPS) is 12.3. The molecule has 0 aliphatic rings. The largest absolute Gasteiger partial charge is 0.449 e. The van der Waals surface area contributed by atoms with Gasteiger partial charge in [0.2, 0.25) is 5.91 Å². The van der Waals surface area contributed by atoms with Gasteiger partial charge < -0.3 is 19.9 Å². The summed E-state index contributed by atoms with van der Waals surface area (Å²) in [6, 6.07) is 16.4. The number of alkyl carbamates (subject to hydrolysis) is 1. The van der Waals surface area contributed by atoms with Gasteiger partial charge in [0.1, 0.15) is 11.9 Å². The van der Waals surface area contributed by atoms with Gasteiger partial charge in [-0.2, -0.15) is 8.42 Å². The maximum Gasteiger partial charge on any atom is 0.407 e. The number of nitrogens with zero attached hydrogens (tertiary/aromatic N) is 2. The lowest BCUT2D eigenvalue weighted by Crippen LogP contribution is -2.47. The Kier molecular flexibility index (Phi) is 9.79. The average Bonchev–Trinajstić information content (AvgIpc) is 3.17. The van der Waals surface area contributed by atoms with Crippen molar-refractivity contribution in [3.63, 3.8) is 0 Å². The van der Waals surface area contributed by atoms with Gasteiger partial charge in [-0.05, 0) is 37.0 Å². The SMILES string of the molecule is Cn1c(CNC(=O)[C@H](CCCCNS(N)(=O)=O)NC(=O)OCCc2ccccc2)nc2ccccc21. The van der Waals surface area contributed by atoms with Crippen molar-refractivity contribution >= 4 is 33.2 Å². The van der Waals surface area contributed by atoms with E-state index in [9.17, 15) is 18.0 Å². The van der Waals surface area contributed by atoms with Gasteiger partial charge in [0.15, 0.2) is 0 Å². The number of rotatable bonds is 13. The van der Waals surface area contributed by atoms with Crippen molar-refractivity contribution < 1.29 is 22.7 Å². The van der Waals surface area contributed by atoms with Crippen molar-refractivity contribution in [2.45, 2.75) is 38.3 Å². The number of hydrogen-bond donors (Lipinski definition) is 4. The van der Waals surface area contributed by atoms with E-state index in [1.165, 1.54) is 0 Å². The third-order valence-electron chi connectivity index (χ3n) is 5.60. The molecule has 194 valence electrons. The minimum atomic E-state index is -3.78. The minimum Gasteiger partial charge on any atom is -0.449 e. The van der Waals surface area contributed by atoms with E-state index >= 15 is 0 Å². The highest BCUT2D eigenvalue weighted by Crippen LogP contribution is 2.14. The molecule has 12 heteroatoms. The highest BCUT2D eigenvalue weighted by molar-refractivity contribution is 7.87. The third-order valence-corrected chi connectivity index (χ3v) is 6.21. The summed E-state index contributed by atoms with van der Waals surface area (Å²) in [5.41, 5.74) is 2.80. The fourth-order valence-electron chi connectivity index (χ4n) is 3.69. The van der Waals surface area contributed by atoms with Gasteiger partial charge in [0.05, 0.1) is 24.2 Å². The Balaban J connectivity index is 1.55. The molecule has 0 spiro atoms. The monoisotopic (exact) mass is 516 g/mol. The second kappa shape index (κ2) is 13.0. The van der Waals surface area contributed by atoms with Crippen LogP contribution in [0.4, 0.5) is 4.79 Å². The second-order valence-corrected chi connectivity index (χ2v) is 9.68. The van der Waals surface area contributed by atoms with Crippen LogP contribution in [-0.4, -0.2) is 49.2 Å². The molecule has 11 nitrogen and oxygen atoms in total. The smallest absolute Gasteiger partial charge is 0.407 e. The molecule has 0 saturated carbocycles. The lowest BCUT2D eigenvalue weighted by Gasteiger charge is -2.18. The summed E-state index contributed by atoms with van der Waals surface area (Å²) in [6.07, 6.45) is 1.05. The van der Waals surface area contributed by atoms with Gasteiger partial charge >= 0.3 is 6.09 Å². The zero-order valence-corrected chi connectivity index (χ0v) is 21.0. The predicted octanol–water partition coefficient (Wildman–Crippen LogP) is 1.49. The number of benzene rings is 2. The molecule has 2 aromatic carbocycles. The van der Waals surface area contributed by atoms with Crippen molar-refractivity contribution in [1.29, 1.82) is 0 Å². The van der Waals surface area contributed by atoms with Crippen LogP contribution in [0.25, 0.3) is 11.0 Å². The Hall–Kier alpha value is -3.48. The number of unbranched alkanes of at least 4 members (excludes halogenated alkanes) is 1. The van der Waals surface area contributed by atoms with Crippen LogP contribution in [0.2, 0.25) is 0 Å². The molecule has 5 N–H and O–H groups in total. The van der Waals surface area contributed by atoms with Gasteiger partial charge in [-0.1, -0.05) is 42.5 Å². The second-order valence-electron chi connectivity index (χ2n) is 8.30. The minimum absolute atomic E-state index is 0.133. The van der Waals surface area contributed by atoms with Gasteiger partial charge in [0, 0.05) is 20.0 Å². The molecule has 0 unspecified atom stereocenters. The lowest BCUT2D eigenvalue weighted by molar-refractivity contribution is -0.123. The number of fused-ring (bicyclic) bond motifs is 1. The van der Waals surface area contributed by atoms with Crippen LogP contribution in [0.5, 0.6) is 0 Å². The summed E-state index contributed by atoms with van der Waals surface area (Å²) < 4.78 is 31.4. The zero-order chi connectivity index (χ0) is 26.0. The topological polar surface area (TPSA) is 157 Å². The molecule has 0 aliphatic carbocycles. The summed E-state index contributed by atoms with van der Waals surface area (Å²) in [5, 5.41) is 10.4. The summed E-state index contributed by atoms with van der Waals surface area (Å²) in [5.74, 6) is 0.285. The molecule has 1 heterocycles. The molecular weight excluding hydrogens is 484 g/mol. The number of aryl methyl sites for hydroxylation is 1. The van der Waals surface area contributed by atoms with Gasteiger partial charge in [-0.15, -0.1) is 0 Å². The molecule has 1 atom stereocenters. The average molecular weight is 517 g/mol. The standard InChI is InChI=1S/C24H32N6O5S/c1-30-21-13-6-5-11-19(21)28-22(30)17-26-23(31)20(12-7-8-15-27-36(25,33)34)29-24(32)35-16-14-18-9-3-2-4-10-18/h2-6,9-11,13,20,27H,7-8,12,14-17H2,1H3,(H,26,31)(H,29,32)(H2,25,33,34)/t20-/m0/s1. The van der Waals surface area contributed by atoms with Crippen LogP contribution < -0.4 is 20.5 Å². The number of carbonyl (C=O) groups is 2. The van der Waals surface area contributed by atoms with Crippen molar-refractivity contribution in [3.8, 4) is 0 Å². The van der Waals surface area contributed by atoms with Crippen LogP contribution in [0.3, 0.4) is 0 Å². The number of nitrogens with one attached hydrogen (secondary N) is 3. The first-order valence-corrected chi connectivity index (χ1v) is 13.2. The highest BCUT2D eigenvalue weighted by atomic mass is 32.2. The van der Waals surface area contributed by atoms with Gasteiger partial charge in [-0.3, -0.25) is 4.79 Å². The van der Waals surface area contributed by atoms with Crippen molar-refractivity contribution in [2.75, 3.05) is 13.2 Å². The van der Waals surface area contributed by atoms with E-state index in [0.29, 0.717) is 25.1 Å². The Morgan fingerprint density at radius 2 is 1.81 bits per heavy atom. The predicted molar refractivity (Wildman–Crippen MR) is 136 cm³/mol. The van der Waals surface area contributed by atoms with Crippen LogP contribution in [0.1, 0.15) is 30.7 Å². The fourth-order valence-corrected chi connectivity index (χ4v) is 4.12. The number of hydrogen-bond acceptors (Lipinski definition) is 6. The Bertz CT molecular complexity index is 1260. The lowest BCUT2D eigenvalue weighted by atomic mass is 10.1. The number of ether oxygens (including phenoxy) is 1. The summed E-state index contributed by atoms with van der Waals surface area (Å²) in [6.45, 7) is 0.481. The third kappa shape index (κ3) is 8.63. The number of nitrogens with two attached hydrogens (primary N) is 1. The molecule has 0 saturated heterocycles. The summed E-state index contributed by atoms with van der Waals surface area (Å²) >= 11 is 0. The Morgan fingerprint density at radius 3 is 2.53 bits per heavy atom. The molecule has 0 radical (unpaired) electrons. The molecule has 0 bridgehead atoms. The number of aromatic nitrogens is 2. The molecule has 3 rings (SSSR count). The summed E-state index contributed by atoms with van der Waals surface area (Å²) in [7, 11) is -1.91. The first-order valence-electron chi connectivity index (χ1n) is 11.7. The molecule has 3 aromatic rings. The van der Waals surface area contributed by atoms with Crippen LogP contribution >= 0.6 is 0 Å². The van der Waals surface area contributed by atoms with E-state index in [4.69, 9.17) is 9.88 Å². The van der Waals surface area contributed by atoms with E-state index < -0.39 is 22.3 Å². The van der Waals surface area contributed by atoms with Crippen LogP contribution in [-0.2, 0) is 39.8 Å². The van der Waals surface area contributed by atoms with E-state index in [1.807, 2.05) is 66.2 Å². The summed E-state index contributed by atoms with van der Waals surface area (Å²) in [4.78, 5) is 29.9. The molecule has 36 heavy (non-hydrogen) atoms. The zero-order valence-electron chi connectivity index (χ0n) is 20.1. The highest BCUT2D eigenvalue weighted by Gasteiger charge is 2.22. The number of carbonyl (C=O) groups excluding carboxylic acids is 2. The Labute approximate surface area is 210 Å². The maximum absolute atomic E-state index is 12.9. The van der Waals surface area contributed by atoms with Gasteiger partial charge in [0.25, 0.3) is 10.2 Å². The van der Waals surface area contributed by atoms with Crippen LogP contribution in [0.15, 0.2) is 54.6 Å². The maximum atomic E-state index is 12.9. The molecule has 0 aliphatic heterocycles. The molecular formula is C24H32N6O5S. The fraction of sp³-hybridized carbons (Fsp3) is 0.375. The van der Waals surface area contributed by atoms with E-state index in [-0.39, 0.29) is 32.0 Å². The Morgan fingerprint density at radius 1 is 1.08 bits per heavy atom. The van der Waals surface area contributed by atoms with Crippen LogP contribution in [0, 0.1) is 0 Å². The number of amides is 2. The van der Waals surface area contributed by atoms with Gasteiger partial charge in [-0.25, -0.2) is 19.6 Å². The first kappa shape index (κ1) is 27.1. The number of para-hydroxylation sites is 2.